The van der Waals surface area contributed by atoms with Crippen molar-refractivity contribution in [1.29, 1.82) is 0 Å². The molecule has 0 aliphatic rings. The number of nitrogens with one attached hydrogen (secondary N) is 1. The number of amides is 1. The third kappa shape index (κ3) is 9.38. The predicted molar refractivity (Wildman–Crippen MR) is 193 cm³/mol. The van der Waals surface area contributed by atoms with E-state index in [0.29, 0.717) is 28.4 Å². The molecule has 0 fully saturated rings. The number of benzene rings is 3. The first-order valence-corrected chi connectivity index (χ1v) is 18.0. The summed E-state index contributed by atoms with van der Waals surface area (Å²) >= 11 is 13.6. The van der Waals surface area contributed by atoms with Gasteiger partial charge in [0.15, 0.2) is 0 Å². The molecule has 270 valence electrons. The van der Waals surface area contributed by atoms with Gasteiger partial charge in [0.25, 0.3) is 10.0 Å². The van der Waals surface area contributed by atoms with Crippen molar-refractivity contribution < 1.29 is 36.2 Å². The molecule has 4 rings (SSSR count). The Labute approximate surface area is 304 Å². The number of hydrogen-bond donors (Lipinski definition) is 1. The van der Waals surface area contributed by atoms with Crippen LogP contribution in [0.4, 0.5) is 35.8 Å². The summed E-state index contributed by atoms with van der Waals surface area (Å²) < 4.78 is 75.8. The van der Waals surface area contributed by atoms with Crippen molar-refractivity contribution in [1.82, 2.24) is 9.88 Å². The standard InChI is InChI=1S/C33H37Cl2F2N5O6S2/c1-33(2,3)48-32(43)41(5)13-12-40(4)27-14-21(36)9-11-25(27)39-26-17-24(37)29(16-23(26)34)50(44,45)42(31-38-18-30(35)49-31)19-20-8-10-22(46-6)15-28(20)47-7/h8-11,14-18,39H,12-13,19H2,1-7H3. The van der Waals surface area contributed by atoms with Gasteiger partial charge in [-0.05, 0) is 57.2 Å². The summed E-state index contributed by atoms with van der Waals surface area (Å²) in [6.45, 7) is 5.52. The molecule has 11 nitrogen and oxygen atoms in total. The Morgan fingerprint density at radius 3 is 2.32 bits per heavy atom. The number of rotatable bonds is 13. The average Bonchev–Trinajstić information content (AvgIpc) is 3.48. The molecule has 0 bridgehead atoms. The molecule has 4 aromatic rings. The minimum atomic E-state index is -4.64. The van der Waals surface area contributed by atoms with Crippen LogP contribution in [0.5, 0.6) is 11.5 Å². The molecule has 1 N–H and O–H groups in total. The van der Waals surface area contributed by atoms with Gasteiger partial charge in [-0.1, -0.05) is 34.5 Å². The largest absolute Gasteiger partial charge is 0.497 e. The van der Waals surface area contributed by atoms with Crippen molar-refractivity contribution in [2.45, 2.75) is 37.8 Å². The summed E-state index contributed by atoms with van der Waals surface area (Å²) in [4.78, 5) is 18.9. The zero-order chi connectivity index (χ0) is 37.0. The lowest BCUT2D eigenvalue weighted by atomic mass is 10.2. The monoisotopic (exact) mass is 771 g/mol. The van der Waals surface area contributed by atoms with Gasteiger partial charge < -0.3 is 29.3 Å². The molecular formula is C33H37Cl2F2N5O6S2. The van der Waals surface area contributed by atoms with Crippen LogP contribution in [0.1, 0.15) is 26.3 Å². The van der Waals surface area contributed by atoms with Gasteiger partial charge in [-0.25, -0.2) is 31.3 Å². The van der Waals surface area contributed by atoms with Crippen molar-refractivity contribution in [3.8, 4) is 11.5 Å². The van der Waals surface area contributed by atoms with Crippen molar-refractivity contribution in [2.75, 3.05) is 55.9 Å². The van der Waals surface area contributed by atoms with Crippen molar-refractivity contribution in [2.24, 2.45) is 0 Å². The van der Waals surface area contributed by atoms with Crippen molar-refractivity contribution >= 4 is 72.8 Å². The molecule has 0 spiro atoms. The van der Waals surface area contributed by atoms with E-state index < -0.39 is 38.2 Å². The summed E-state index contributed by atoms with van der Waals surface area (Å²) in [5.41, 5.74) is 0.513. The fourth-order valence-electron chi connectivity index (χ4n) is 4.62. The van der Waals surface area contributed by atoms with Gasteiger partial charge in [-0.2, -0.15) is 0 Å². The van der Waals surface area contributed by atoms with Crippen LogP contribution < -0.4 is 24.0 Å². The molecular weight excluding hydrogens is 735 g/mol. The molecule has 1 heterocycles. The van der Waals surface area contributed by atoms with Crippen LogP contribution in [-0.4, -0.2) is 71.4 Å². The van der Waals surface area contributed by atoms with Gasteiger partial charge in [0.05, 0.1) is 49.0 Å². The molecule has 50 heavy (non-hydrogen) atoms. The van der Waals surface area contributed by atoms with Crippen LogP contribution in [0.15, 0.2) is 59.6 Å². The first-order chi connectivity index (χ1) is 23.4. The van der Waals surface area contributed by atoms with Gasteiger partial charge >= 0.3 is 6.09 Å². The molecule has 0 aliphatic carbocycles. The van der Waals surface area contributed by atoms with E-state index in [1.807, 2.05) is 0 Å². The van der Waals surface area contributed by atoms with Gasteiger partial charge in [-0.3, -0.25) is 0 Å². The second-order valence-electron chi connectivity index (χ2n) is 12.0. The lowest BCUT2D eigenvalue weighted by Gasteiger charge is -2.28. The van der Waals surface area contributed by atoms with Crippen LogP contribution >= 0.6 is 34.5 Å². The number of thiazole rings is 1. The lowest BCUT2D eigenvalue weighted by Crippen LogP contribution is -2.38. The first-order valence-electron chi connectivity index (χ1n) is 15.0. The average molecular weight is 773 g/mol. The Morgan fingerprint density at radius 1 is 0.980 bits per heavy atom. The summed E-state index contributed by atoms with van der Waals surface area (Å²) in [5.74, 6) is -0.821. The van der Waals surface area contributed by atoms with E-state index in [1.165, 1.54) is 43.5 Å². The Morgan fingerprint density at radius 2 is 1.70 bits per heavy atom. The second kappa shape index (κ2) is 15.9. The molecule has 0 saturated heterocycles. The van der Waals surface area contributed by atoms with E-state index in [2.05, 4.69) is 10.3 Å². The number of anilines is 4. The number of likely N-dealkylation sites (N-methyl/N-ethyl adjacent to an activating group) is 2. The van der Waals surface area contributed by atoms with Crippen LogP contribution in [0.3, 0.4) is 0 Å². The summed E-state index contributed by atoms with van der Waals surface area (Å²) in [7, 11) is 1.55. The number of sulfonamides is 1. The SMILES string of the molecule is COc1ccc(CN(c2ncc(Cl)s2)S(=O)(=O)c2cc(Cl)c(Nc3ccc(F)cc3N(C)CCN(C)C(=O)OC(C)(C)C)cc2F)c(OC)c1. The highest BCUT2D eigenvalue weighted by atomic mass is 35.5. The Kier molecular flexibility index (Phi) is 12.3. The fourth-order valence-corrected chi connectivity index (χ4v) is 7.48. The molecule has 0 saturated carbocycles. The molecule has 0 radical (unpaired) electrons. The quantitative estimate of drug-likeness (QED) is 0.144. The molecule has 0 atom stereocenters. The zero-order valence-electron chi connectivity index (χ0n) is 28.4. The number of ether oxygens (including phenoxy) is 3. The number of aromatic nitrogens is 1. The maximum Gasteiger partial charge on any atom is 0.410 e. The van der Waals surface area contributed by atoms with E-state index in [4.69, 9.17) is 37.4 Å². The van der Waals surface area contributed by atoms with Crippen LogP contribution in [0.2, 0.25) is 9.36 Å². The number of hydrogen-bond acceptors (Lipinski definition) is 10. The molecule has 3 aromatic carbocycles. The smallest absolute Gasteiger partial charge is 0.410 e. The third-order valence-corrected chi connectivity index (χ3v) is 10.5. The highest BCUT2D eigenvalue weighted by Crippen LogP contribution is 2.38. The zero-order valence-corrected chi connectivity index (χ0v) is 31.5. The Hall–Kier alpha value is -4.05. The van der Waals surface area contributed by atoms with Gasteiger partial charge in [0, 0.05) is 44.9 Å². The van der Waals surface area contributed by atoms with Gasteiger partial charge in [0.2, 0.25) is 5.13 Å². The third-order valence-electron chi connectivity index (χ3n) is 7.19. The maximum atomic E-state index is 15.9. The number of nitrogens with zero attached hydrogens (tertiary/aromatic N) is 4. The molecule has 1 amide bonds. The maximum absolute atomic E-state index is 15.9. The molecule has 0 unspecified atom stereocenters. The lowest BCUT2D eigenvalue weighted by molar-refractivity contribution is 0.0303. The van der Waals surface area contributed by atoms with Crippen LogP contribution in [-0.2, 0) is 21.3 Å². The summed E-state index contributed by atoms with van der Waals surface area (Å²) in [6.07, 6.45) is 0.777. The summed E-state index contributed by atoms with van der Waals surface area (Å²) in [5, 5.41) is 2.84. The minimum absolute atomic E-state index is 0.0121. The highest BCUT2D eigenvalue weighted by Gasteiger charge is 2.32. The fraction of sp³-hybridized carbons (Fsp3) is 0.333. The normalized spacial score (nSPS) is 11.6. The van der Waals surface area contributed by atoms with Gasteiger partial charge in [0.1, 0.15) is 38.0 Å². The van der Waals surface area contributed by atoms with Crippen LogP contribution in [0, 0.1) is 11.6 Å². The number of halogens is 4. The van der Waals surface area contributed by atoms with E-state index in [-0.39, 0.29) is 39.8 Å². The van der Waals surface area contributed by atoms with Crippen LogP contribution in [0.25, 0.3) is 0 Å². The second-order valence-corrected chi connectivity index (χ2v) is 15.9. The molecule has 0 aliphatic heterocycles. The predicted octanol–water partition coefficient (Wildman–Crippen LogP) is 8.19. The van der Waals surface area contributed by atoms with E-state index >= 15 is 4.39 Å². The summed E-state index contributed by atoms with van der Waals surface area (Å²) in [6, 6.07) is 10.7. The van der Waals surface area contributed by atoms with E-state index in [9.17, 15) is 17.6 Å². The Bertz CT molecular complexity index is 1960. The van der Waals surface area contributed by atoms with E-state index in [0.717, 1.165) is 27.8 Å². The topological polar surface area (TPSA) is 114 Å². The van der Waals surface area contributed by atoms with E-state index in [1.54, 1.807) is 58.0 Å². The molecule has 17 heteroatoms. The highest BCUT2D eigenvalue weighted by molar-refractivity contribution is 7.93. The number of carbonyl (C=O) groups is 1. The van der Waals surface area contributed by atoms with Crippen molar-refractivity contribution in [3.05, 3.63) is 81.3 Å². The Balaban J connectivity index is 1.64. The molecule has 1 aromatic heterocycles. The minimum Gasteiger partial charge on any atom is -0.497 e. The first kappa shape index (κ1) is 38.7. The number of carbonyl (C=O) groups excluding carboxylic acids is 1. The number of methoxy groups -OCH3 is 2. The van der Waals surface area contributed by atoms with Crippen molar-refractivity contribution in [3.63, 3.8) is 0 Å². The van der Waals surface area contributed by atoms with Gasteiger partial charge in [-0.15, -0.1) is 0 Å².